The second-order valence-corrected chi connectivity index (χ2v) is 7.55. The average Bonchev–Trinajstić information content (AvgIpc) is 2.70. The highest BCUT2D eigenvalue weighted by Crippen LogP contribution is 2.46. The highest BCUT2D eigenvalue weighted by atomic mass is 127. The van der Waals surface area contributed by atoms with Gasteiger partial charge >= 0.3 is 0 Å². The molecule has 2 nitrogen and oxygen atoms in total. The van der Waals surface area contributed by atoms with Gasteiger partial charge in [-0.15, -0.1) is 12.4 Å². The summed E-state index contributed by atoms with van der Waals surface area (Å²) in [5.41, 5.74) is 1.49. The van der Waals surface area contributed by atoms with Crippen molar-refractivity contribution in [2.24, 2.45) is 5.92 Å². The third-order valence-electron chi connectivity index (χ3n) is 4.56. The van der Waals surface area contributed by atoms with E-state index in [1.54, 1.807) is 0 Å². The maximum absolute atomic E-state index is 6.47. The van der Waals surface area contributed by atoms with Crippen LogP contribution in [0.25, 0.3) is 0 Å². The standard InChI is InChI=1S/C16H22INO.ClH/c1-18(2)11-13-5-3-4-8-16(13)10-12-9-14(17)6-7-15(12)19-16;/h6-7,9,13H,3-5,8,10-11H2,1-2H3;1H/t13-,16+;/m1./s1. The third kappa shape index (κ3) is 3.09. The van der Waals surface area contributed by atoms with Crippen LogP contribution in [-0.2, 0) is 6.42 Å². The Kier molecular flexibility index (Phi) is 5.24. The van der Waals surface area contributed by atoms with E-state index in [2.05, 4.69) is 59.8 Å². The normalized spacial score (nSPS) is 28.1. The molecule has 0 amide bonds. The molecule has 2 aliphatic rings. The number of hydrogen-bond acceptors (Lipinski definition) is 2. The Labute approximate surface area is 141 Å². The molecule has 1 saturated carbocycles. The first kappa shape index (κ1) is 16.4. The van der Waals surface area contributed by atoms with Gasteiger partial charge in [-0.2, -0.15) is 0 Å². The van der Waals surface area contributed by atoms with Crippen LogP contribution in [0.5, 0.6) is 5.75 Å². The molecule has 1 heterocycles. The monoisotopic (exact) mass is 407 g/mol. The Balaban J connectivity index is 0.00000147. The molecule has 1 aromatic rings. The molecular weight excluding hydrogens is 385 g/mol. The zero-order valence-corrected chi connectivity index (χ0v) is 15.2. The lowest BCUT2D eigenvalue weighted by molar-refractivity contribution is -0.0150. The Bertz CT molecular complexity index is 480. The minimum Gasteiger partial charge on any atom is -0.486 e. The lowest BCUT2D eigenvalue weighted by atomic mass is 9.73. The van der Waals surface area contributed by atoms with Crippen LogP contribution in [0.3, 0.4) is 0 Å². The highest BCUT2D eigenvalue weighted by Gasteiger charge is 2.47. The van der Waals surface area contributed by atoms with Crippen LogP contribution >= 0.6 is 35.0 Å². The van der Waals surface area contributed by atoms with Gasteiger partial charge in [-0.05, 0) is 79.7 Å². The molecular formula is C16H23ClINO. The Morgan fingerprint density at radius 2 is 2.15 bits per heavy atom. The van der Waals surface area contributed by atoms with Crippen molar-refractivity contribution in [1.29, 1.82) is 0 Å². The van der Waals surface area contributed by atoms with Gasteiger partial charge in [-0.25, -0.2) is 0 Å². The number of halogens is 2. The highest BCUT2D eigenvalue weighted by molar-refractivity contribution is 14.1. The molecule has 1 aromatic carbocycles. The lowest BCUT2D eigenvalue weighted by Gasteiger charge is -2.41. The van der Waals surface area contributed by atoms with Crippen LogP contribution in [0.15, 0.2) is 18.2 Å². The number of nitrogens with zero attached hydrogens (tertiary/aromatic N) is 1. The fourth-order valence-corrected chi connectivity index (χ4v) is 4.27. The molecule has 0 aromatic heterocycles. The molecule has 20 heavy (non-hydrogen) atoms. The van der Waals surface area contributed by atoms with Crippen LogP contribution in [0, 0.1) is 9.49 Å². The van der Waals surface area contributed by atoms with Crippen molar-refractivity contribution < 1.29 is 4.74 Å². The van der Waals surface area contributed by atoms with Crippen molar-refractivity contribution in [3.63, 3.8) is 0 Å². The van der Waals surface area contributed by atoms with Crippen LogP contribution in [-0.4, -0.2) is 31.1 Å². The van der Waals surface area contributed by atoms with E-state index in [1.165, 1.54) is 34.8 Å². The summed E-state index contributed by atoms with van der Waals surface area (Å²) in [6, 6.07) is 6.61. The lowest BCUT2D eigenvalue weighted by Crippen LogP contribution is -2.48. The number of hydrogen-bond donors (Lipinski definition) is 0. The van der Waals surface area contributed by atoms with Crippen molar-refractivity contribution in [3.05, 3.63) is 27.3 Å². The van der Waals surface area contributed by atoms with E-state index in [9.17, 15) is 0 Å². The zero-order valence-electron chi connectivity index (χ0n) is 12.2. The predicted molar refractivity (Wildman–Crippen MR) is 94.0 cm³/mol. The number of benzene rings is 1. The van der Waals surface area contributed by atoms with Gasteiger partial charge in [0.25, 0.3) is 0 Å². The van der Waals surface area contributed by atoms with Gasteiger partial charge in [0.2, 0.25) is 0 Å². The first-order chi connectivity index (χ1) is 9.09. The smallest absolute Gasteiger partial charge is 0.123 e. The van der Waals surface area contributed by atoms with Crippen molar-refractivity contribution in [3.8, 4) is 5.75 Å². The van der Waals surface area contributed by atoms with E-state index in [4.69, 9.17) is 4.74 Å². The summed E-state index contributed by atoms with van der Waals surface area (Å²) in [6.07, 6.45) is 6.31. The summed E-state index contributed by atoms with van der Waals surface area (Å²) in [5, 5.41) is 0. The van der Waals surface area contributed by atoms with Gasteiger partial charge in [0.15, 0.2) is 0 Å². The van der Waals surface area contributed by atoms with Crippen molar-refractivity contribution >= 4 is 35.0 Å². The SMILES string of the molecule is CN(C)C[C@H]1CCCC[C@]12Cc1cc(I)ccc1O2.Cl. The number of fused-ring (bicyclic) bond motifs is 1. The van der Waals surface area contributed by atoms with Crippen LogP contribution < -0.4 is 4.74 Å². The fraction of sp³-hybridized carbons (Fsp3) is 0.625. The van der Waals surface area contributed by atoms with E-state index < -0.39 is 0 Å². The van der Waals surface area contributed by atoms with Gasteiger partial charge < -0.3 is 9.64 Å². The molecule has 0 N–H and O–H groups in total. The van der Waals surface area contributed by atoms with Crippen molar-refractivity contribution in [1.82, 2.24) is 4.90 Å². The van der Waals surface area contributed by atoms with E-state index in [0.29, 0.717) is 5.92 Å². The minimum absolute atomic E-state index is 0. The molecule has 1 fully saturated rings. The Morgan fingerprint density at radius 1 is 1.35 bits per heavy atom. The zero-order chi connectivity index (χ0) is 13.5. The van der Waals surface area contributed by atoms with E-state index in [0.717, 1.165) is 18.7 Å². The quantitative estimate of drug-likeness (QED) is 0.683. The second kappa shape index (κ2) is 6.41. The van der Waals surface area contributed by atoms with E-state index in [-0.39, 0.29) is 18.0 Å². The van der Waals surface area contributed by atoms with Gasteiger partial charge in [-0.3, -0.25) is 0 Å². The molecule has 4 heteroatoms. The Hall–Kier alpha value is -0.000000000000000111. The number of ether oxygens (including phenoxy) is 1. The molecule has 2 atom stereocenters. The molecule has 0 unspecified atom stereocenters. The minimum atomic E-state index is 0. The maximum Gasteiger partial charge on any atom is 0.123 e. The predicted octanol–water partition coefficient (Wildman–Crippen LogP) is 4.14. The first-order valence-corrected chi connectivity index (χ1v) is 8.29. The molecule has 0 saturated heterocycles. The Morgan fingerprint density at radius 3 is 2.90 bits per heavy atom. The summed E-state index contributed by atoms with van der Waals surface area (Å²) < 4.78 is 7.79. The summed E-state index contributed by atoms with van der Waals surface area (Å²) >= 11 is 2.39. The van der Waals surface area contributed by atoms with Crippen LogP contribution in [0.4, 0.5) is 0 Å². The molecule has 112 valence electrons. The molecule has 1 spiro atoms. The first-order valence-electron chi connectivity index (χ1n) is 7.21. The van der Waals surface area contributed by atoms with Gasteiger partial charge in [0.05, 0.1) is 0 Å². The largest absolute Gasteiger partial charge is 0.486 e. The molecule has 1 aliphatic heterocycles. The third-order valence-corrected chi connectivity index (χ3v) is 5.23. The summed E-state index contributed by atoms with van der Waals surface area (Å²) in [7, 11) is 4.35. The average molecular weight is 408 g/mol. The van der Waals surface area contributed by atoms with Crippen molar-refractivity contribution in [2.45, 2.75) is 37.7 Å². The second-order valence-electron chi connectivity index (χ2n) is 6.30. The molecule has 0 radical (unpaired) electrons. The molecule has 0 bridgehead atoms. The van der Waals surface area contributed by atoms with Crippen LogP contribution in [0.2, 0.25) is 0 Å². The van der Waals surface area contributed by atoms with Crippen molar-refractivity contribution in [2.75, 3.05) is 20.6 Å². The molecule has 1 aliphatic carbocycles. The number of rotatable bonds is 2. The topological polar surface area (TPSA) is 12.5 Å². The fourth-order valence-electron chi connectivity index (χ4n) is 3.71. The van der Waals surface area contributed by atoms with Crippen LogP contribution in [0.1, 0.15) is 31.2 Å². The summed E-state index contributed by atoms with van der Waals surface area (Å²) in [6.45, 7) is 1.14. The van der Waals surface area contributed by atoms with E-state index >= 15 is 0 Å². The van der Waals surface area contributed by atoms with Gasteiger partial charge in [0.1, 0.15) is 11.4 Å². The summed E-state index contributed by atoms with van der Waals surface area (Å²) in [5.74, 6) is 1.80. The summed E-state index contributed by atoms with van der Waals surface area (Å²) in [4.78, 5) is 2.31. The molecule has 3 rings (SSSR count). The van der Waals surface area contributed by atoms with Gasteiger partial charge in [-0.1, -0.05) is 6.42 Å². The maximum atomic E-state index is 6.47. The van der Waals surface area contributed by atoms with E-state index in [1.807, 2.05) is 0 Å². The van der Waals surface area contributed by atoms with Gasteiger partial charge in [0, 0.05) is 22.5 Å².